The molecular formula is C38H52N4O6S2. The molecule has 2 heterocycles. The maximum absolute atomic E-state index is 11.8. The summed E-state index contributed by atoms with van der Waals surface area (Å²) in [6.45, 7) is 3.46. The van der Waals surface area contributed by atoms with Crippen LogP contribution in [-0.4, -0.2) is 60.2 Å². The number of rotatable bonds is 14. The summed E-state index contributed by atoms with van der Waals surface area (Å²) in [6, 6.07) is 19.6. The number of aromatic nitrogens is 4. The molecule has 0 atom stereocenters. The molecule has 2 aliphatic carbocycles. The molecule has 272 valence electrons. The Kier molecular flexibility index (Phi) is 13.8. The minimum atomic E-state index is -2.85. The number of hydrogen-bond acceptors (Lipinski definition) is 10. The van der Waals surface area contributed by atoms with E-state index < -0.39 is 19.7 Å². The predicted octanol–water partition coefficient (Wildman–Crippen LogP) is 7.82. The third kappa shape index (κ3) is 11.9. The second kappa shape index (κ2) is 18.2. The van der Waals surface area contributed by atoms with E-state index >= 15 is 0 Å². The Labute approximate surface area is 297 Å². The van der Waals surface area contributed by atoms with Crippen molar-refractivity contribution in [2.45, 2.75) is 90.9 Å². The quantitative estimate of drug-likeness (QED) is 0.126. The van der Waals surface area contributed by atoms with Gasteiger partial charge in [-0.2, -0.15) is 4.98 Å². The first-order valence-corrected chi connectivity index (χ1v) is 21.9. The van der Waals surface area contributed by atoms with Gasteiger partial charge in [0, 0.05) is 35.5 Å². The lowest BCUT2D eigenvalue weighted by atomic mass is 9.81. The van der Waals surface area contributed by atoms with E-state index in [2.05, 4.69) is 20.3 Å². The Hall–Kier alpha value is -3.38. The molecule has 0 amide bonds. The Morgan fingerprint density at radius 2 is 1.06 bits per heavy atom. The van der Waals surface area contributed by atoms with Crippen LogP contribution in [0, 0.1) is 23.7 Å². The first-order valence-electron chi connectivity index (χ1n) is 18.3. The predicted molar refractivity (Wildman–Crippen MR) is 196 cm³/mol. The summed E-state index contributed by atoms with van der Waals surface area (Å²) in [5.74, 6) is 5.79. The molecule has 0 radical (unpaired) electrons. The fourth-order valence-corrected chi connectivity index (χ4v) is 9.67. The van der Waals surface area contributed by atoms with Crippen molar-refractivity contribution in [1.29, 1.82) is 0 Å². The summed E-state index contributed by atoms with van der Waals surface area (Å²) in [5, 5.41) is 12.4. The highest BCUT2D eigenvalue weighted by atomic mass is 32.2. The van der Waals surface area contributed by atoms with Crippen LogP contribution in [0.25, 0.3) is 22.9 Å². The van der Waals surface area contributed by atoms with Crippen molar-refractivity contribution >= 4 is 19.7 Å². The second-order valence-electron chi connectivity index (χ2n) is 14.0. The molecule has 2 aromatic heterocycles. The number of benzene rings is 2. The van der Waals surface area contributed by atoms with Gasteiger partial charge in [-0.15, -0.1) is 10.2 Å². The average molecular weight is 725 g/mol. The van der Waals surface area contributed by atoms with Gasteiger partial charge < -0.3 is 8.94 Å². The van der Waals surface area contributed by atoms with Crippen molar-refractivity contribution in [2.75, 3.05) is 23.0 Å². The fraction of sp³-hybridized carbons (Fsp3) is 0.579. The lowest BCUT2D eigenvalue weighted by Gasteiger charge is -2.28. The zero-order valence-electron chi connectivity index (χ0n) is 29.5. The van der Waals surface area contributed by atoms with Crippen LogP contribution in [0.3, 0.4) is 0 Å². The summed E-state index contributed by atoms with van der Waals surface area (Å²) < 4.78 is 58.1. The SMILES string of the molecule is CCS(=O)(=O)CC1CCC(CCc2nnc(-c3ccccc3)o2)CC1.CCS(=O)(=O)CC1CCC(CCc2noc(-c3ccccc3)n2)CC1. The van der Waals surface area contributed by atoms with Crippen LogP contribution in [0.15, 0.2) is 69.6 Å². The Balaban J connectivity index is 0.000000194. The van der Waals surface area contributed by atoms with Crippen LogP contribution in [-0.2, 0) is 32.5 Å². The summed E-state index contributed by atoms with van der Waals surface area (Å²) in [5.41, 5.74) is 1.89. The molecule has 2 saturated carbocycles. The summed E-state index contributed by atoms with van der Waals surface area (Å²) in [7, 11) is -5.70. The highest BCUT2D eigenvalue weighted by Gasteiger charge is 2.26. The summed E-state index contributed by atoms with van der Waals surface area (Å²) in [4.78, 5) is 4.48. The lowest BCUT2D eigenvalue weighted by Crippen LogP contribution is -2.23. The highest BCUT2D eigenvalue weighted by molar-refractivity contribution is 7.91. The zero-order chi connectivity index (χ0) is 35.4. The topological polar surface area (TPSA) is 146 Å². The molecule has 0 aliphatic heterocycles. The van der Waals surface area contributed by atoms with Crippen molar-refractivity contribution in [3.05, 3.63) is 72.4 Å². The first kappa shape index (κ1) is 37.9. The minimum Gasteiger partial charge on any atom is -0.421 e. The van der Waals surface area contributed by atoms with E-state index in [4.69, 9.17) is 8.94 Å². The van der Waals surface area contributed by atoms with Gasteiger partial charge in [-0.05, 0) is 86.5 Å². The second-order valence-corrected chi connectivity index (χ2v) is 18.8. The molecule has 0 spiro atoms. The number of nitrogens with zero attached hydrogens (tertiary/aromatic N) is 4. The van der Waals surface area contributed by atoms with E-state index in [-0.39, 0.29) is 11.5 Å². The molecule has 2 aliphatic rings. The maximum atomic E-state index is 11.8. The minimum absolute atomic E-state index is 0.258. The van der Waals surface area contributed by atoms with E-state index in [0.29, 0.717) is 52.8 Å². The van der Waals surface area contributed by atoms with Crippen molar-refractivity contribution in [2.24, 2.45) is 23.7 Å². The van der Waals surface area contributed by atoms with Crippen LogP contribution in [0.5, 0.6) is 0 Å². The molecule has 6 rings (SSSR count). The summed E-state index contributed by atoms with van der Waals surface area (Å²) in [6.07, 6.45) is 12.2. The van der Waals surface area contributed by atoms with Gasteiger partial charge in [-0.25, -0.2) is 16.8 Å². The third-order valence-corrected chi connectivity index (χ3v) is 14.0. The zero-order valence-corrected chi connectivity index (χ0v) is 31.1. The molecule has 0 saturated heterocycles. The van der Waals surface area contributed by atoms with E-state index in [0.717, 1.165) is 94.0 Å². The number of sulfone groups is 2. The average Bonchev–Trinajstić information content (AvgIpc) is 3.82. The number of aryl methyl sites for hydroxylation is 2. The van der Waals surface area contributed by atoms with Crippen LogP contribution in [0.4, 0.5) is 0 Å². The lowest BCUT2D eigenvalue weighted by molar-refractivity contribution is 0.274. The van der Waals surface area contributed by atoms with Crippen LogP contribution >= 0.6 is 0 Å². The van der Waals surface area contributed by atoms with Crippen molar-refractivity contribution in [3.63, 3.8) is 0 Å². The van der Waals surface area contributed by atoms with Crippen LogP contribution in [0.1, 0.15) is 89.8 Å². The van der Waals surface area contributed by atoms with E-state index in [1.807, 2.05) is 60.7 Å². The largest absolute Gasteiger partial charge is 0.421 e. The molecule has 4 aromatic rings. The van der Waals surface area contributed by atoms with Crippen LogP contribution < -0.4 is 0 Å². The monoisotopic (exact) mass is 724 g/mol. The maximum Gasteiger partial charge on any atom is 0.257 e. The van der Waals surface area contributed by atoms with E-state index in [9.17, 15) is 16.8 Å². The molecule has 50 heavy (non-hydrogen) atoms. The van der Waals surface area contributed by atoms with Crippen molar-refractivity contribution < 1.29 is 25.8 Å². The van der Waals surface area contributed by atoms with Gasteiger partial charge in [0.05, 0.1) is 11.5 Å². The molecule has 12 heteroatoms. The summed E-state index contributed by atoms with van der Waals surface area (Å²) >= 11 is 0. The molecular weight excluding hydrogens is 673 g/mol. The highest BCUT2D eigenvalue weighted by Crippen LogP contribution is 2.34. The number of hydrogen-bond donors (Lipinski definition) is 0. The Morgan fingerprint density at radius 1 is 0.600 bits per heavy atom. The third-order valence-electron chi connectivity index (χ3n) is 10.3. The van der Waals surface area contributed by atoms with E-state index in [1.165, 1.54) is 0 Å². The van der Waals surface area contributed by atoms with Gasteiger partial charge in [-0.1, -0.05) is 81.1 Å². The normalized spacial score (nSPS) is 21.3. The Bertz CT molecular complexity index is 1660. The van der Waals surface area contributed by atoms with Gasteiger partial charge in [0.15, 0.2) is 5.82 Å². The molecule has 0 N–H and O–H groups in total. The van der Waals surface area contributed by atoms with Gasteiger partial charge in [0.2, 0.25) is 11.8 Å². The molecule has 0 bridgehead atoms. The molecule has 10 nitrogen and oxygen atoms in total. The van der Waals surface area contributed by atoms with Crippen LogP contribution in [0.2, 0.25) is 0 Å². The van der Waals surface area contributed by atoms with E-state index in [1.54, 1.807) is 13.8 Å². The van der Waals surface area contributed by atoms with Crippen molar-refractivity contribution in [3.8, 4) is 22.9 Å². The van der Waals surface area contributed by atoms with Gasteiger partial charge in [-0.3, -0.25) is 0 Å². The fourth-order valence-electron chi connectivity index (χ4n) is 7.09. The molecule has 2 aromatic carbocycles. The van der Waals surface area contributed by atoms with Gasteiger partial charge in [0.25, 0.3) is 5.89 Å². The molecule has 0 unspecified atom stereocenters. The van der Waals surface area contributed by atoms with Crippen molar-refractivity contribution in [1.82, 2.24) is 20.3 Å². The Morgan fingerprint density at radius 3 is 1.56 bits per heavy atom. The van der Waals surface area contributed by atoms with Gasteiger partial charge in [0.1, 0.15) is 19.7 Å². The van der Waals surface area contributed by atoms with Gasteiger partial charge >= 0.3 is 0 Å². The standard InChI is InChI=1S/2C19H26N2O3S/c1-2-25(22,23)14-16-10-8-15(9-11-16)12-13-18-20-21-19(24-18)17-6-4-3-5-7-17;1-2-25(22,23)14-16-10-8-15(9-11-16)12-13-18-20-19(24-21-18)17-6-4-3-5-7-17/h2*3-7,15-16H,2,8-14H2,1H3. The first-order chi connectivity index (χ1) is 24.1. The molecule has 2 fully saturated rings. The smallest absolute Gasteiger partial charge is 0.257 e.